The van der Waals surface area contributed by atoms with Gasteiger partial charge in [0.2, 0.25) is 0 Å². The van der Waals surface area contributed by atoms with E-state index >= 15 is 0 Å². The number of anilines is 1. The second kappa shape index (κ2) is 5.02. The van der Waals surface area contributed by atoms with E-state index in [2.05, 4.69) is 5.43 Å². The summed E-state index contributed by atoms with van der Waals surface area (Å²) < 4.78 is 17.1. The fourth-order valence-corrected chi connectivity index (χ4v) is 1.14. The van der Waals surface area contributed by atoms with Crippen LogP contribution in [0.2, 0.25) is 5.02 Å². The van der Waals surface area contributed by atoms with Gasteiger partial charge < -0.3 is 4.74 Å². The fraction of sp³-hybridized carbons (Fsp3) is 0.333. The van der Waals surface area contributed by atoms with E-state index in [9.17, 15) is 4.48 Å². The summed E-state index contributed by atoms with van der Waals surface area (Å²) in [5.74, 6) is 0.530. The van der Waals surface area contributed by atoms with Crippen LogP contribution in [0.1, 0.15) is 13.8 Å². The zero-order valence-corrected chi connectivity index (χ0v) is 8.73. The van der Waals surface area contributed by atoms with Gasteiger partial charge in [-0.05, 0) is 26.0 Å². The minimum atomic E-state index is 0.0288. The molecule has 0 aliphatic heterocycles. The van der Waals surface area contributed by atoms with Crippen molar-refractivity contribution >= 4 is 17.3 Å². The molecule has 0 aliphatic carbocycles. The number of halogens is 2. The van der Waals surface area contributed by atoms with E-state index in [1.807, 2.05) is 13.8 Å². The van der Waals surface area contributed by atoms with Crippen molar-refractivity contribution in [2.75, 3.05) is 5.43 Å². The van der Waals surface area contributed by atoms with Gasteiger partial charge >= 0.3 is 0 Å². The standard InChI is InChI=1S/C9H12ClFN2O/c1-6(2)14-9-5-7(12-13-11)3-4-8(9)10/h3-6,12-13H,1-2H3. The van der Waals surface area contributed by atoms with Crippen molar-refractivity contribution in [3.63, 3.8) is 0 Å². The van der Waals surface area contributed by atoms with E-state index in [4.69, 9.17) is 16.3 Å². The molecule has 2 N–H and O–H groups in total. The molecule has 0 fully saturated rings. The average Bonchev–Trinajstić information content (AvgIpc) is 2.10. The highest BCUT2D eigenvalue weighted by molar-refractivity contribution is 6.32. The first kappa shape index (κ1) is 11.1. The molecule has 0 bridgehead atoms. The Labute approximate surface area is 87.1 Å². The van der Waals surface area contributed by atoms with Crippen LogP contribution in [-0.2, 0) is 0 Å². The van der Waals surface area contributed by atoms with Crippen molar-refractivity contribution in [1.82, 2.24) is 5.65 Å². The maximum atomic E-state index is 11.7. The molecule has 0 saturated carbocycles. The van der Waals surface area contributed by atoms with Gasteiger partial charge in [-0.2, -0.15) is 0 Å². The number of rotatable bonds is 4. The van der Waals surface area contributed by atoms with Crippen LogP contribution in [0, 0.1) is 0 Å². The van der Waals surface area contributed by atoms with Crippen LogP contribution >= 0.6 is 11.6 Å². The number of hydrazine groups is 1. The topological polar surface area (TPSA) is 33.3 Å². The highest BCUT2D eigenvalue weighted by atomic mass is 35.5. The molecule has 1 aromatic rings. The number of hydrogen-bond acceptors (Lipinski definition) is 3. The highest BCUT2D eigenvalue weighted by Crippen LogP contribution is 2.28. The van der Waals surface area contributed by atoms with E-state index in [0.717, 1.165) is 0 Å². The van der Waals surface area contributed by atoms with Gasteiger partial charge in [-0.1, -0.05) is 17.2 Å². The maximum Gasteiger partial charge on any atom is 0.140 e. The summed E-state index contributed by atoms with van der Waals surface area (Å²) in [6.07, 6.45) is 0.0288. The number of nitrogens with one attached hydrogen (secondary N) is 2. The van der Waals surface area contributed by atoms with Gasteiger partial charge in [-0.3, -0.25) is 5.43 Å². The molecule has 14 heavy (non-hydrogen) atoms. The highest BCUT2D eigenvalue weighted by Gasteiger charge is 2.04. The summed E-state index contributed by atoms with van der Waals surface area (Å²) in [7, 11) is 0. The summed E-state index contributed by atoms with van der Waals surface area (Å²) in [4.78, 5) is 0. The molecule has 78 valence electrons. The predicted octanol–water partition coefficient (Wildman–Crippen LogP) is 2.93. The summed E-state index contributed by atoms with van der Waals surface area (Å²) >= 11 is 5.87. The lowest BCUT2D eigenvalue weighted by molar-refractivity contribution is 0.242. The van der Waals surface area contributed by atoms with Gasteiger partial charge in [0.25, 0.3) is 0 Å². The quantitative estimate of drug-likeness (QED) is 0.602. The minimum absolute atomic E-state index is 0.0288. The van der Waals surface area contributed by atoms with Crippen molar-refractivity contribution in [2.45, 2.75) is 20.0 Å². The average molecular weight is 219 g/mol. The molecule has 3 nitrogen and oxygen atoms in total. The first-order chi connectivity index (χ1) is 6.63. The van der Waals surface area contributed by atoms with E-state index in [1.165, 1.54) is 5.65 Å². The fourth-order valence-electron chi connectivity index (χ4n) is 0.980. The number of benzene rings is 1. The third-order valence-corrected chi connectivity index (χ3v) is 1.80. The summed E-state index contributed by atoms with van der Waals surface area (Å²) in [5.41, 5.74) is 4.18. The Morgan fingerprint density at radius 3 is 2.71 bits per heavy atom. The Balaban J connectivity index is 2.84. The summed E-state index contributed by atoms with van der Waals surface area (Å²) in [5, 5.41) is 0.503. The SMILES string of the molecule is CC(C)Oc1cc(NNF)ccc1Cl. The Bertz CT molecular complexity index is 307. The lowest BCUT2D eigenvalue weighted by Gasteiger charge is -2.12. The Kier molecular flexibility index (Phi) is 3.98. The molecule has 0 atom stereocenters. The van der Waals surface area contributed by atoms with Crippen molar-refractivity contribution in [3.05, 3.63) is 23.2 Å². The lowest BCUT2D eigenvalue weighted by Crippen LogP contribution is -2.11. The Morgan fingerprint density at radius 2 is 2.14 bits per heavy atom. The van der Waals surface area contributed by atoms with Crippen LogP contribution in [0.15, 0.2) is 18.2 Å². The van der Waals surface area contributed by atoms with Gasteiger partial charge in [0, 0.05) is 6.07 Å². The maximum absolute atomic E-state index is 11.7. The molecule has 0 aromatic heterocycles. The first-order valence-corrected chi connectivity index (χ1v) is 4.59. The van der Waals surface area contributed by atoms with Gasteiger partial charge in [0.05, 0.1) is 16.8 Å². The normalized spacial score (nSPS) is 10.4. The van der Waals surface area contributed by atoms with Crippen LogP contribution < -0.4 is 15.8 Å². The van der Waals surface area contributed by atoms with E-state index in [-0.39, 0.29) is 6.10 Å². The van der Waals surface area contributed by atoms with E-state index in [1.54, 1.807) is 18.2 Å². The number of ether oxygens (including phenoxy) is 1. The summed E-state index contributed by atoms with van der Waals surface area (Å²) in [6, 6.07) is 4.90. The first-order valence-electron chi connectivity index (χ1n) is 4.21. The van der Waals surface area contributed by atoms with Gasteiger partial charge in [0.1, 0.15) is 5.75 Å². The number of hydrogen-bond donors (Lipinski definition) is 2. The largest absolute Gasteiger partial charge is 0.489 e. The second-order valence-corrected chi connectivity index (χ2v) is 3.44. The molecule has 5 heteroatoms. The smallest absolute Gasteiger partial charge is 0.140 e. The zero-order valence-electron chi connectivity index (χ0n) is 7.97. The second-order valence-electron chi connectivity index (χ2n) is 3.03. The molecular weight excluding hydrogens is 207 g/mol. The third kappa shape index (κ3) is 3.05. The van der Waals surface area contributed by atoms with Crippen molar-refractivity contribution in [1.29, 1.82) is 0 Å². The molecule has 0 unspecified atom stereocenters. The van der Waals surface area contributed by atoms with Gasteiger partial charge in [0.15, 0.2) is 0 Å². The van der Waals surface area contributed by atoms with Crippen LogP contribution in [0.25, 0.3) is 0 Å². The van der Waals surface area contributed by atoms with Crippen LogP contribution in [0.5, 0.6) is 5.75 Å². The van der Waals surface area contributed by atoms with Crippen molar-refractivity contribution in [3.8, 4) is 5.75 Å². The Morgan fingerprint density at radius 1 is 1.43 bits per heavy atom. The third-order valence-electron chi connectivity index (χ3n) is 1.49. The van der Waals surface area contributed by atoms with Crippen molar-refractivity contribution in [2.24, 2.45) is 0 Å². The van der Waals surface area contributed by atoms with E-state index < -0.39 is 0 Å². The van der Waals surface area contributed by atoms with Crippen LogP contribution in [0.4, 0.5) is 10.2 Å². The molecule has 0 aliphatic rings. The summed E-state index contributed by atoms with van der Waals surface area (Å²) in [6.45, 7) is 3.79. The predicted molar refractivity (Wildman–Crippen MR) is 55.1 cm³/mol. The van der Waals surface area contributed by atoms with Gasteiger partial charge in [-0.25, -0.2) is 0 Å². The molecular formula is C9H12ClFN2O. The van der Waals surface area contributed by atoms with Crippen LogP contribution in [-0.4, -0.2) is 6.10 Å². The molecule has 0 spiro atoms. The monoisotopic (exact) mass is 218 g/mol. The molecule has 0 amide bonds. The minimum Gasteiger partial charge on any atom is -0.489 e. The molecule has 1 aromatic carbocycles. The molecule has 0 radical (unpaired) electrons. The van der Waals surface area contributed by atoms with Crippen LogP contribution in [0.3, 0.4) is 0 Å². The lowest BCUT2D eigenvalue weighted by atomic mass is 10.3. The van der Waals surface area contributed by atoms with Gasteiger partial charge in [-0.15, -0.1) is 4.48 Å². The van der Waals surface area contributed by atoms with E-state index in [0.29, 0.717) is 16.5 Å². The molecule has 0 heterocycles. The zero-order chi connectivity index (χ0) is 10.6. The molecule has 0 saturated heterocycles. The Hall–Kier alpha value is -1.00. The van der Waals surface area contributed by atoms with Crippen molar-refractivity contribution < 1.29 is 9.22 Å². The molecule has 1 rings (SSSR count).